The summed E-state index contributed by atoms with van der Waals surface area (Å²) in [6.07, 6.45) is 1.76. The van der Waals surface area contributed by atoms with Gasteiger partial charge in [-0.1, -0.05) is 0 Å². The molecule has 15 heavy (non-hydrogen) atoms. The van der Waals surface area contributed by atoms with Gasteiger partial charge in [0.05, 0.1) is 25.9 Å². The number of alkyl halides is 1. The molecule has 88 valence electrons. The zero-order valence-electron chi connectivity index (χ0n) is 9.38. The highest BCUT2D eigenvalue weighted by Crippen LogP contribution is 2.24. The molecule has 2 heterocycles. The summed E-state index contributed by atoms with van der Waals surface area (Å²) < 4.78 is 24.7. The first-order valence-electron chi connectivity index (χ1n) is 5.76. The smallest absolute Gasteiger partial charge is 0.120 e. The molecule has 3 nitrogen and oxygen atoms in total. The lowest BCUT2D eigenvalue weighted by Crippen LogP contribution is -2.48. The highest BCUT2D eigenvalue weighted by molar-refractivity contribution is 4.84. The van der Waals surface area contributed by atoms with Crippen LogP contribution in [0.25, 0.3) is 0 Å². The van der Waals surface area contributed by atoms with Crippen molar-refractivity contribution in [2.24, 2.45) is 0 Å². The van der Waals surface area contributed by atoms with Crippen molar-refractivity contribution in [1.29, 1.82) is 0 Å². The molecule has 2 aliphatic rings. The maximum atomic E-state index is 13.8. The summed E-state index contributed by atoms with van der Waals surface area (Å²) in [5.41, 5.74) is -1.02. The molecule has 0 saturated carbocycles. The molecule has 0 aromatic heterocycles. The molecule has 0 radical (unpaired) electrons. The van der Waals surface area contributed by atoms with Crippen LogP contribution in [0.3, 0.4) is 0 Å². The summed E-state index contributed by atoms with van der Waals surface area (Å²) >= 11 is 0. The number of nitrogens with zero attached hydrogens (tertiary/aromatic N) is 1. The quantitative estimate of drug-likeness (QED) is 0.694. The van der Waals surface area contributed by atoms with Gasteiger partial charge in [-0.3, -0.25) is 4.90 Å². The molecule has 2 rings (SSSR count). The molecule has 0 amide bonds. The third-order valence-electron chi connectivity index (χ3n) is 3.07. The minimum Gasteiger partial charge on any atom is -0.376 e. The van der Waals surface area contributed by atoms with E-state index in [0.29, 0.717) is 32.8 Å². The maximum absolute atomic E-state index is 13.8. The molecule has 0 unspecified atom stereocenters. The lowest BCUT2D eigenvalue weighted by molar-refractivity contribution is -0.103. The number of piperidine rings is 1. The third kappa shape index (κ3) is 3.40. The molecule has 2 fully saturated rings. The van der Waals surface area contributed by atoms with E-state index in [1.54, 1.807) is 6.92 Å². The summed E-state index contributed by atoms with van der Waals surface area (Å²) in [4.78, 5) is 2.16. The van der Waals surface area contributed by atoms with E-state index < -0.39 is 5.67 Å². The van der Waals surface area contributed by atoms with Crippen molar-refractivity contribution in [3.8, 4) is 0 Å². The van der Waals surface area contributed by atoms with Crippen LogP contribution in [0.1, 0.15) is 19.8 Å². The van der Waals surface area contributed by atoms with Crippen LogP contribution in [-0.2, 0) is 9.47 Å². The SMILES string of the molecule is C[C@]1(F)CCCN(C[C@@H]2COCCO2)C1. The van der Waals surface area contributed by atoms with Gasteiger partial charge in [-0.15, -0.1) is 0 Å². The molecule has 2 atom stereocenters. The Hall–Kier alpha value is -0.190. The average molecular weight is 217 g/mol. The summed E-state index contributed by atoms with van der Waals surface area (Å²) in [6.45, 7) is 6.03. The fraction of sp³-hybridized carbons (Fsp3) is 1.00. The largest absolute Gasteiger partial charge is 0.376 e. The highest BCUT2D eigenvalue weighted by atomic mass is 19.1. The van der Waals surface area contributed by atoms with Gasteiger partial charge in [0.25, 0.3) is 0 Å². The highest BCUT2D eigenvalue weighted by Gasteiger charge is 2.31. The van der Waals surface area contributed by atoms with Crippen LogP contribution in [0.2, 0.25) is 0 Å². The van der Waals surface area contributed by atoms with E-state index in [2.05, 4.69) is 4.90 Å². The van der Waals surface area contributed by atoms with Crippen molar-refractivity contribution in [2.75, 3.05) is 39.5 Å². The first-order chi connectivity index (χ1) is 7.16. The first kappa shape index (κ1) is 11.3. The minimum absolute atomic E-state index is 0.132. The number of hydrogen-bond donors (Lipinski definition) is 0. The number of ether oxygens (including phenoxy) is 2. The van der Waals surface area contributed by atoms with Crippen molar-refractivity contribution in [3.05, 3.63) is 0 Å². The van der Waals surface area contributed by atoms with E-state index in [9.17, 15) is 4.39 Å². The molecular weight excluding hydrogens is 197 g/mol. The Balaban J connectivity index is 1.78. The van der Waals surface area contributed by atoms with Crippen LogP contribution in [0.4, 0.5) is 4.39 Å². The van der Waals surface area contributed by atoms with Gasteiger partial charge in [-0.05, 0) is 26.3 Å². The standard InChI is InChI=1S/C11H20FNO2/c1-11(12)3-2-4-13(9-11)7-10-8-14-5-6-15-10/h10H,2-9H2,1H3/t10-,11+/m1/s1. The predicted molar refractivity (Wildman–Crippen MR) is 55.7 cm³/mol. The van der Waals surface area contributed by atoms with E-state index in [1.165, 1.54) is 0 Å². The van der Waals surface area contributed by atoms with Crippen LogP contribution >= 0.6 is 0 Å². The average Bonchev–Trinajstić information content (AvgIpc) is 2.17. The van der Waals surface area contributed by atoms with E-state index in [0.717, 1.165) is 19.5 Å². The van der Waals surface area contributed by atoms with Crippen LogP contribution < -0.4 is 0 Å². The molecule has 2 saturated heterocycles. The Labute approximate surface area is 90.5 Å². The number of hydrogen-bond acceptors (Lipinski definition) is 3. The van der Waals surface area contributed by atoms with Gasteiger partial charge >= 0.3 is 0 Å². The fourth-order valence-electron chi connectivity index (χ4n) is 2.38. The number of likely N-dealkylation sites (tertiary alicyclic amines) is 1. The van der Waals surface area contributed by atoms with Gasteiger partial charge in [-0.25, -0.2) is 4.39 Å². The summed E-state index contributed by atoms with van der Waals surface area (Å²) in [6, 6.07) is 0. The molecule has 4 heteroatoms. The number of halogens is 1. The first-order valence-corrected chi connectivity index (χ1v) is 5.76. The Morgan fingerprint density at radius 3 is 3.00 bits per heavy atom. The Morgan fingerprint density at radius 2 is 2.33 bits per heavy atom. The zero-order chi connectivity index (χ0) is 10.7. The van der Waals surface area contributed by atoms with E-state index in [4.69, 9.17) is 9.47 Å². The Bertz CT molecular complexity index is 205. The second kappa shape index (κ2) is 4.76. The molecule has 0 aliphatic carbocycles. The molecule has 0 spiro atoms. The van der Waals surface area contributed by atoms with Crippen molar-refractivity contribution >= 4 is 0 Å². The summed E-state index contributed by atoms with van der Waals surface area (Å²) in [7, 11) is 0. The second-order valence-corrected chi connectivity index (χ2v) is 4.82. The van der Waals surface area contributed by atoms with Gasteiger partial charge in [0, 0.05) is 13.1 Å². The molecule has 0 aromatic rings. The van der Waals surface area contributed by atoms with Crippen molar-refractivity contribution in [3.63, 3.8) is 0 Å². The van der Waals surface area contributed by atoms with E-state index in [-0.39, 0.29) is 6.10 Å². The summed E-state index contributed by atoms with van der Waals surface area (Å²) in [5, 5.41) is 0. The normalized spacial score (nSPS) is 39.2. The van der Waals surface area contributed by atoms with Crippen molar-refractivity contribution < 1.29 is 13.9 Å². The number of rotatable bonds is 2. The van der Waals surface area contributed by atoms with Gasteiger partial charge in [-0.2, -0.15) is 0 Å². The fourth-order valence-corrected chi connectivity index (χ4v) is 2.38. The lowest BCUT2D eigenvalue weighted by atomic mass is 9.97. The molecule has 0 N–H and O–H groups in total. The molecular formula is C11H20FNO2. The van der Waals surface area contributed by atoms with Crippen molar-refractivity contribution in [1.82, 2.24) is 4.90 Å². The zero-order valence-corrected chi connectivity index (χ0v) is 9.38. The summed E-state index contributed by atoms with van der Waals surface area (Å²) in [5.74, 6) is 0. The van der Waals surface area contributed by atoms with Gasteiger partial charge in [0.2, 0.25) is 0 Å². The molecule has 0 bridgehead atoms. The monoisotopic (exact) mass is 217 g/mol. The topological polar surface area (TPSA) is 21.7 Å². The lowest BCUT2D eigenvalue weighted by Gasteiger charge is -2.37. The van der Waals surface area contributed by atoms with Crippen LogP contribution in [0.15, 0.2) is 0 Å². The van der Waals surface area contributed by atoms with Crippen LogP contribution in [-0.4, -0.2) is 56.1 Å². The van der Waals surface area contributed by atoms with Crippen LogP contribution in [0, 0.1) is 0 Å². The van der Waals surface area contributed by atoms with Crippen molar-refractivity contribution in [2.45, 2.75) is 31.5 Å². The van der Waals surface area contributed by atoms with Gasteiger partial charge in [0.15, 0.2) is 0 Å². The second-order valence-electron chi connectivity index (χ2n) is 4.82. The van der Waals surface area contributed by atoms with Gasteiger partial charge < -0.3 is 9.47 Å². The van der Waals surface area contributed by atoms with E-state index in [1.807, 2.05) is 0 Å². The molecule has 2 aliphatic heterocycles. The third-order valence-corrected chi connectivity index (χ3v) is 3.07. The Kier molecular flexibility index (Phi) is 3.59. The maximum Gasteiger partial charge on any atom is 0.120 e. The minimum atomic E-state index is -1.02. The Morgan fingerprint density at radius 1 is 1.47 bits per heavy atom. The molecule has 0 aromatic carbocycles. The predicted octanol–water partition coefficient (Wildman–Crippen LogP) is 1.23. The van der Waals surface area contributed by atoms with Crippen LogP contribution in [0.5, 0.6) is 0 Å². The van der Waals surface area contributed by atoms with E-state index >= 15 is 0 Å². The van der Waals surface area contributed by atoms with Gasteiger partial charge in [0.1, 0.15) is 5.67 Å².